The summed E-state index contributed by atoms with van der Waals surface area (Å²) >= 11 is 0. The van der Waals surface area contributed by atoms with Crippen molar-refractivity contribution in [3.05, 3.63) is 18.0 Å². The van der Waals surface area contributed by atoms with Crippen LogP contribution in [0.1, 0.15) is 50.0 Å². The van der Waals surface area contributed by atoms with Gasteiger partial charge in [-0.05, 0) is 18.8 Å². The Morgan fingerprint density at radius 2 is 2.32 bits per heavy atom. The minimum absolute atomic E-state index is 0.163. The molecule has 1 amide bonds. The van der Waals surface area contributed by atoms with Crippen molar-refractivity contribution in [2.45, 2.75) is 51.7 Å². The van der Waals surface area contributed by atoms with Crippen molar-refractivity contribution in [3.8, 4) is 0 Å². The van der Waals surface area contributed by atoms with Gasteiger partial charge >= 0.3 is 0 Å². The molecule has 2 rings (SSSR count). The molecule has 0 aliphatic carbocycles. The molecule has 106 valence electrons. The quantitative estimate of drug-likeness (QED) is 0.888. The predicted molar refractivity (Wildman–Crippen MR) is 70.8 cm³/mol. The molecule has 1 N–H and O–H groups in total. The third kappa shape index (κ3) is 3.56. The predicted octanol–water partition coefficient (Wildman–Crippen LogP) is 2.39. The minimum atomic E-state index is -0.163. The van der Waals surface area contributed by atoms with E-state index in [-0.39, 0.29) is 18.1 Å². The SMILES string of the molecule is CCC(CC)[C@@H]1C[C@H](NC(=O)c2ccon2)CCO1. The monoisotopic (exact) mass is 266 g/mol. The Morgan fingerprint density at radius 1 is 1.53 bits per heavy atom. The molecule has 19 heavy (non-hydrogen) atoms. The number of carbonyl (C=O) groups is 1. The number of hydrogen-bond donors (Lipinski definition) is 1. The van der Waals surface area contributed by atoms with Crippen LogP contribution in [0.25, 0.3) is 0 Å². The summed E-state index contributed by atoms with van der Waals surface area (Å²) in [5.74, 6) is 0.413. The van der Waals surface area contributed by atoms with Crippen LogP contribution >= 0.6 is 0 Å². The summed E-state index contributed by atoms with van der Waals surface area (Å²) < 4.78 is 10.5. The number of rotatable bonds is 5. The smallest absolute Gasteiger partial charge is 0.273 e. The first-order valence-electron chi connectivity index (χ1n) is 7.07. The third-order valence-corrected chi connectivity index (χ3v) is 3.90. The molecular formula is C14H22N2O3. The average Bonchev–Trinajstić information content (AvgIpc) is 2.94. The lowest BCUT2D eigenvalue weighted by Gasteiger charge is -2.34. The third-order valence-electron chi connectivity index (χ3n) is 3.90. The maximum absolute atomic E-state index is 11.9. The second kappa shape index (κ2) is 6.70. The van der Waals surface area contributed by atoms with Gasteiger partial charge in [0.2, 0.25) is 0 Å². The Hall–Kier alpha value is -1.36. The average molecular weight is 266 g/mol. The first-order chi connectivity index (χ1) is 9.24. The van der Waals surface area contributed by atoms with Crippen molar-refractivity contribution in [1.82, 2.24) is 10.5 Å². The van der Waals surface area contributed by atoms with Crippen LogP contribution in [0.3, 0.4) is 0 Å². The zero-order valence-corrected chi connectivity index (χ0v) is 11.6. The molecule has 0 saturated carbocycles. The molecule has 1 aliphatic heterocycles. The van der Waals surface area contributed by atoms with E-state index in [0.717, 1.165) is 25.7 Å². The van der Waals surface area contributed by atoms with E-state index in [2.05, 4.69) is 28.8 Å². The number of aromatic nitrogens is 1. The summed E-state index contributed by atoms with van der Waals surface area (Å²) in [6.45, 7) is 5.09. The molecule has 0 aromatic carbocycles. The van der Waals surface area contributed by atoms with Gasteiger partial charge in [0.25, 0.3) is 5.91 Å². The van der Waals surface area contributed by atoms with Crippen LogP contribution in [-0.2, 0) is 4.74 Å². The summed E-state index contributed by atoms with van der Waals surface area (Å²) in [5, 5.41) is 6.66. The van der Waals surface area contributed by atoms with Gasteiger partial charge in [0.15, 0.2) is 5.69 Å². The lowest BCUT2D eigenvalue weighted by Crippen LogP contribution is -2.44. The molecule has 2 atom stereocenters. The Bertz CT molecular complexity index is 387. The van der Waals surface area contributed by atoms with Gasteiger partial charge in [0.05, 0.1) is 6.10 Å². The molecule has 0 radical (unpaired) electrons. The normalized spacial score (nSPS) is 23.5. The molecule has 0 spiro atoms. The molecule has 5 nitrogen and oxygen atoms in total. The largest absolute Gasteiger partial charge is 0.378 e. The van der Waals surface area contributed by atoms with Crippen LogP contribution in [0.15, 0.2) is 16.9 Å². The number of carbonyl (C=O) groups excluding carboxylic acids is 1. The van der Waals surface area contributed by atoms with Gasteiger partial charge in [-0.25, -0.2) is 0 Å². The van der Waals surface area contributed by atoms with Gasteiger partial charge < -0.3 is 14.6 Å². The first kappa shape index (κ1) is 14.1. The molecule has 2 heterocycles. The van der Waals surface area contributed by atoms with Crippen LogP contribution in [0, 0.1) is 5.92 Å². The van der Waals surface area contributed by atoms with E-state index in [4.69, 9.17) is 4.74 Å². The van der Waals surface area contributed by atoms with E-state index in [0.29, 0.717) is 18.2 Å². The Kier molecular flexibility index (Phi) is 4.96. The molecule has 5 heteroatoms. The van der Waals surface area contributed by atoms with E-state index in [1.54, 1.807) is 6.07 Å². The Labute approximate surface area is 113 Å². The number of ether oxygens (including phenoxy) is 1. The summed E-state index contributed by atoms with van der Waals surface area (Å²) in [5.41, 5.74) is 0.338. The van der Waals surface area contributed by atoms with Gasteiger partial charge in [-0.1, -0.05) is 31.8 Å². The van der Waals surface area contributed by atoms with Crippen LogP contribution in [0.5, 0.6) is 0 Å². The highest BCUT2D eigenvalue weighted by Crippen LogP contribution is 2.25. The second-order valence-corrected chi connectivity index (χ2v) is 5.07. The number of amides is 1. The maximum atomic E-state index is 11.9. The first-order valence-corrected chi connectivity index (χ1v) is 7.07. The molecular weight excluding hydrogens is 244 g/mol. The van der Waals surface area contributed by atoms with Crippen LogP contribution < -0.4 is 5.32 Å². The van der Waals surface area contributed by atoms with Crippen molar-refractivity contribution in [3.63, 3.8) is 0 Å². The van der Waals surface area contributed by atoms with E-state index in [1.165, 1.54) is 6.26 Å². The molecule has 1 aromatic rings. The van der Waals surface area contributed by atoms with Crippen molar-refractivity contribution in [1.29, 1.82) is 0 Å². The summed E-state index contributed by atoms with van der Waals surface area (Å²) in [4.78, 5) is 11.9. The van der Waals surface area contributed by atoms with Crippen molar-refractivity contribution in [2.75, 3.05) is 6.61 Å². The van der Waals surface area contributed by atoms with Crippen molar-refractivity contribution >= 4 is 5.91 Å². The van der Waals surface area contributed by atoms with E-state index >= 15 is 0 Å². The number of nitrogens with one attached hydrogen (secondary N) is 1. The van der Waals surface area contributed by atoms with Gasteiger partial charge in [0.1, 0.15) is 6.26 Å². The van der Waals surface area contributed by atoms with Gasteiger partial charge in [-0.2, -0.15) is 0 Å². The van der Waals surface area contributed by atoms with Gasteiger partial charge in [-0.3, -0.25) is 4.79 Å². The second-order valence-electron chi connectivity index (χ2n) is 5.07. The van der Waals surface area contributed by atoms with E-state index in [9.17, 15) is 4.79 Å². The van der Waals surface area contributed by atoms with Crippen molar-refractivity contribution < 1.29 is 14.1 Å². The van der Waals surface area contributed by atoms with E-state index in [1.807, 2.05) is 0 Å². The van der Waals surface area contributed by atoms with E-state index < -0.39 is 0 Å². The zero-order valence-electron chi connectivity index (χ0n) is 11.6. The van der Waals surface area contributed by atoms with Crippen LogP contribution in [0.2, 0.25) is 0 Å². The molecule has 0 bridgehead atoms. The minimum Gasteiger partial charge on any atom is -0.378 e. The lowest BCUT2D eigenvalue weighted by molar-refractivity contribution is -0.0337. The zero-order chi connectivity index (χ0) is 13.7. The fraction of sp³-hybridized carbons (Fsp3) is 0.714. The Morgan fingerprint density at radius 3 is 2.95 bits per heavy atom. The number of hydrogen-bond acceptors (Lipinski definition) is 4. The topological polar surface area (TPSA) is 64.4 Å². The standard InChI is InChI=1S/C14H22N2O3/c1-3-10(4-2)13-9-11(5-7-18-13)15-14(17)12-6-8-19-16-12/h6,8,10-11,13H,3-5,7,9H2,1-2H3,(H,15,17)/t11-,13+/m1/s1. The van der Waals surface area contributed by atoms with Gasteiger partial charge in [0, 0.05) is 18.7 Å². The van der Waals surface area contributed by atoms with Crippen LogP contribution in [0.4, 0.5) is 0 Å². The summed E-state index contributed by atoms with van der Waals surface area (Å²) in [6.07, 6.45) is 5.64. The molecule has 1 fully saturated rings. The highest BCUT2D eigenvalue weighted by atomic mass is 16.5. The van der Waals surface area contributed by atoms with Crippen molar-refractivity contribution in [2.24, 2.45) is 5.92 Å². The highest BCUT2D eigenvalue weighted by Gasteiger charge is 2.28. The fourth-order valence-corrected chi connectivity index (χ4v) is 2.69. The fourth-order valence-electron chi connectivity index (χ4n) is 2.69. The van der Waals surface area contributed by atoms with Gasteiger partial charge in [-0.15, -0.1) is 0 Å². The molecule has 1 aliphatic rings. The summed E-state index contributed by atoms with van der Waals surface area (Å²) in [6, 6.07) is 1.75. The Balaban J connectivity index is 1.89. The van der Waals surface area contributed by atoms with Crippen LogP contribution in [-0.4, -0.2) is 29.8 Å². The number of nitrogens with zero attached hydrogens (tertiary/aromatic N) is 1. The maximum Gasteiger partial charge on any atom is 0.273 e. The molecule has 0 unspecified atom stereocenters. The lowest BCUT2D eigenvalue weighted by atomic mass is 9.89. The molecule has 1 saturated heterocycles. The highest BCUT2D eigenvalue weighted by molar-refractivity contribution is 5.92. The summed E-state index contributed by atoms with van der Waals surface area (Å²) in [7, 11) is 0. The molecule has 1 aromatic heterocycles.